The van der Waals surface area contributed by atoms with Gasteiger partial charge in [-0.05, 0) is 66.9 Å². The standard InChI is InChI=1S/C24H23N5O3S/c1-33(31,32)20-12-8-17(9-13-20)21-5-4-16-29-22(21)26-24(27-29)25-19-10-6-18(7-11-19)23(30)28-14-2-3-15-28/h4-13,16H,2-3,14-15H2,1H3,(H,25,27). The van der Waals surface area contributed by atoms with E-state index in [-0.39, 0.29) is 10.8 Å². The van der Waals surface area contributed by atoms with Gasteiger partial charge in [-0.2, -0.15) is 4.98 Å². The summed E-state index contributed by atoms with van der Waals surface area (Å²) in [5, 5.41) is 7.68. The van der Waals surface area contributed by atoms with E-state index >= 15 is 0 Å². The van der Waals surface area contributed by atoms with Crippen molar-refractivity contribution in [2.45, 2.75) is 17.7 Å². The molecule has 5 rings (SSSR count). The molecular formula is C24H23N5O3S. The first-order valence-corrected chi connectivity index (χ1v) is 12.6. The van der Waals surface area contributed by atoms with Crippen molar-refractivity contribution in [1.82, 2.24) is 19.5 Å². The maximum Gasteiger partial charge on any atom is 0.253 e. The fourth-order valence-corrected chi connectivity index (χ4v) is 4.62. The van der Waals surface area contributed by atoms with Crippen molar-refractivity contribution in [3.8, 4) is 11.1 Å². The summed E-state index contributed by atoms with van der Waals surface area (Å²) in [7, 11) is -3.26. The Morgan fingerprint density at radius 1 is 0.970 bits per heavy atom. The molecule has 0 radical (unpaired) electrons. The van der Waals surface area contributed by atoms with Crippen molar-refractivity contribution >= 4 is 33.0 Å². The predicted octanol–water partition coefficient (Wildman–Crippen LogP) is 3.78. The van der Waals surface area contributed by atoms with Gasteiger partial charge in [-0.1, -0.05) is 12.1 Å². The van der Waals surface area contributed by atoms with Gasteiger partial charge in [-0.25, -0.2) is 12.9 Å². The Morgan fingerprint density at radius 2 is 1.67 bits per heavy atom. The van der Waals surface area contributed by atoms with Crippen molar-refractivity contribution in [1.29, 1.82) is 0 Å². The monoisotopic (exact) mass is 461 g/mol. The van der Waals surface area contributed by atoms with Crippen LogP contribution in [0.1, 0.15) is 23.2 Å². The number of aromatic nitrogens is 3. The number of sulfone groups is 1. The fourth-order valence-electron chi connectivity index (χ4n) is 3.99. The van der Waals surface area contributed by atoms with Crippen LogP contribution in [-0.2, 0) is 9.84 Å². The van der Waals surface area contributed by atoms with Crippen LogP contribution >= 0.6 is 0 Å². The lowest BCUT2D eigenvalue weighted by atomic mass is 10.1. The number of likely N-dealkylation sites (tertiary alicyclic amines) is 1. The summed E-state index contributed by atoms with van der Waals surface area (Å²) in [5.41, 5.74) is 3.78. The van der Waals surface area contributed by atoms with Crippen molar-refractivity contribution in [2.24, 2.45) is 0 Å². The molecule has 0 unspecified atom stereocenters. The minimum Gasteiger partial charge on any atom is -0.339 e. The van der Waals surface area contributed by atoms with Crippen LogP contribution in [0.5, 0.6) is 0 Å². The van der Waals surface area contributed by atoms with E-state index in [9.17, 15) is 13.2 Å². The molecular weight excluding hydrogens is 438 g/mol. The largest absolute Gasteiger partial charge is 0.339 e. The van der Waals surface area contributed by atoms with Crippen LogP contribution in [0.3, 0.4) is 0 Å². The molecule has 3 heterocycles. The maximum atomic E-state index is 12.5. The van der Waals surface area contributed by atoms with E-state index in [1.165, 1.54) is 6.26 Å². The number of carbonyl (C=O) groups is 1. The molecule has 0 bridgehead atoms. The third-order valence-electron chi connectivity index (χ3n) is 5.74. The molecule has 4 aromatic rings. The summed E-state index contributed by atoms with van der Waals surface area (Å²) in [4.78, 5) is 19.3. The quantitative estimate of drug-likeness (QED) is 0.486. The highest BCUT2D eigenvalue weighted by Gasteiger charge is 2.19. The van der Waals surface area contributed by atoms with Crippen molar-refractivity contribution < 1.29 is 13.2 Å². The number of nitrogens with one attached hydrogen (secondary N) is 1. The fraction of sp³-hybridized carbons (Fsp3) is 0.208. The summed E-state index contributed by atoms with van der Waals surface area (Å²) in [6.45, 7) is 1.65. The van der Waals surface area contributed by atoms with Crippen LogP contribution in [0.4, 0.5) is 11.6 Å². The second-order valence-electron chi connectivity index (χ2n) is 8.12. The van der Waals surface area contributed by atoms with E-state index in [1.807, 2.05) is 41.3 Å². The van der Waals surface area contributed by atoms with Gasteiger partial charge in [0.25, 0.3) is 5.91 Å². The number of amides is 1. The highest BCUT2D eigenvalue weighted by molar-refractivity contribution is 7.90. The van der Waals surface area contributed by atoms with Crippen LogP contribution in [-0.4, -0.2) is 53.2 Å². The zero-order valence-electron chi connectivity index (χ0n) is 18.1. The number of nitrogens with zero attached hydrogens (tertiary/aromatic N) is 4. The summed E-state index contributed by atoms with van der Waals surface area (Å²) in [6.07, 6.45) is 5.12. The Kier molecular flexibility index (Phi) is 5.33. The summed E-state index contributed by atoms with van der Waals surface area (Å²) >= 11 is 0. The molecule has 33 heavy (non-hydrogen) atoms. The van der Waals surface area contributed by atoms with E-state index in [0.717, 1.165) is 42.7 Å². The Hall–Kier alpha value is -3.72. The molecule has 8 nitrogen and oxygen atoms in total. The predicted molar refractivity (Wildman–Crippen MR) is 126 cm³/mol. The normalized spacial score (nSPS) is 14.0. The number of anilines is 2. The molecule has 1 amide bonds. The number of hydrogen-bond donors (Lipinski definition) is 1. The zero-order chi connectivity index (χ0) is 23.0. The molecule has 0 aliphatic carbocycles. The lowest BCUT2D eigenvalue weighted by molar-refractivity contribution is 0.0793. The SMILES string of the molecule is CS(=O)(=O)c1ccc(-c2cccn3nc(Nc4ccc(C(=O)N5CCCC5)cc4)nc23)cc1. The topological polar surface area (TPSA) is 96.7 Å². The number of fused-ring (bicyclic) bond motifs is 1. The van der Waals surface area contributed by atoms with Gasteiger partial charge in [-0.15, -0.1) is 5.10 Å². The van der Waals surface area contributed by atoms with E-state index in [4.69, 9.17) is 0 Å². The van der Waals surface area contributed by atoms with Crippen LogP contribution in [0.25, 0.3) is 16.8 Å². The average molecular weight is 462 g/mol. The first-order chi connectivity index (χ1) is 15.9. The molecule has 168 valence electrons. The van der Waals surface area contributed by atoms with E-state index in [0.29, 0.717) is 17.2 Å². The average Bonchev–Trinajstić information content (AvgIpc) is 3.48. The molecule has 1 saturated heterocycles. The van der Waals surface area contributed by atoms with Gasteiger partial charge >= 0.3 is 0 Å². The van der Waals surface area contributed by atoms with Gasteiger partial charge in [0.2, 0.25) is 5.95 Å². The van der Waals surface area contributed by atoms with Gasteiger partial charge in [0, 0.05) is 42.4 Å². The van der Waals surface area contributed by atoms with Gasteiger partial charge in [0.1, 0.15) is 0 Å². The first-order valence-electron chi connectivity index (χ1n) is 10.7. The first kappa shape index (κ1) is 21.1. The van der Waals surface area contributed by atoms with E-state index < -0.39 is 9.84 Å². The third kappa shape index (κ3) is 4.31. The molecule has 0 spiro atoms. The lowest BCUT2D eigenvalue weighted by Crippen LogP contribution is -2.27. The van der Waals surface area contributed by atoms with Crippen LogP contribution in [0, 0.1) is 0 Å². The summed E-state index contributed by atoms with van der Waals surface area (Å²) < 4.78 is 25.2. The van der Waals surface area contributed by atoms with E-state index in [1.54, 1.807) is 35.0 Å². The molecule has 2 aromatic carbocycles. The minimum absolute atomic E-state index is 0.0661. The van der Waals surface area contributed by atoms with Crippen LogP contribution < -0.4 is 5.32 Å². The van der Waals surface area contributed by atoms with E-state index in [2.05, 4.69) is 15.4 Å². The highest BCUT2D eigenvalue weighted by Crippen LogP contribution is 2.26. The number of rotatable bonds is 5. The number of carbonyl (C=O) groups excluding carboxylic acids is 1. The second kappa shape index (κ2) is 8.32. The second-order valence-corrected chi connectivity index (χ2v) is 10.1. The number of hydrogen-bond acceptors (Lipinski definition) is 6. The molecule has 1 aliphatic heterocycles. The molecule has 2 aromatic heterocycles. The Labute approximate surface area is 191 Å². The smallest absolute Gasteiger partial charge is 0.253 e. The molecule has 1 fully saturated rings. The van der Waals surface area contributed by atoms with Gasteiger partial charge in [0.15, 0.2) is 15.5 Å². The Morgan fingerprint density at radius 3 is 2.33 bits per heavy atom. The van der Waals surface area contributed by atoms with Crippen LogP contribution in [0.15, 0.2) is 71.8 Å². The third-order valence-corrected chi connectivity index (χ3v) is 6.87. The molecule has 0 saturated carbocycles. The number of benzene rings is 2. The Bertz CT molecular complexity index is 1420. The van der Waals surface area contributed by atoms with Gasteiger partial charge in [-0.3, -0.25) is 4.79 Å². The maximum absolute atomic E-state index is 12.5. The van der Waals surface area contributed by atoms with Gasteiger partial charge in [0.05, 0.1) is 4.90 Å². The van der Waals surface area contributed by atoms with Gasteiger partial charge < -0.3 is 10.2 Å². The van der Waals surface area contributed by atoms with Crippen molar-refractivity contribution in [3.63, 3.8) is 0 Å². The summed E-state index contributed by atoms with van der Waals surface area (Å²) in [5.74, 6) is 0.491. The molecule has 1 N–H and O–H groups in total. The van der Waals surface area contributed by atoms with Crippen molar-refractivity contribution in [2.75, 3.05) is 24.7 Å². The molecule has 1 aliphatic rings. The van der Waals surface area contributed by atoms with Crippen molar-refractivity contribution in [3.05, 3.63) is 72.4 Å². The molecule has 9 heteroatoms. The Balaban J connectivity index is 1.38. The number of pyridine rings is 1. The summed E-state index contributed by atoms with van der Waals surface area (Å²) in [6, 6.07) is 17.8. The van der Waals surface area contributed by atoms with Crippen LogP contribution in [0.2, 0.25) is 0 Å². The lowest BCUT2D eigenvalue weighted by Gasteiger charge is -2.15. The minimum atomic E-state index is -3.26. The molecule has 0 atom stereocenters. The zero-order valence-corrected chi connectivity index (χ0v) is 18.9. The highest BCUT2D eigenvalue weighted by atomic mass is 32.2.